The second-order valence-electron chi connectivity index (χ2n) is 4.50. The Morgan fingerprint density at radius 2 is 1.12 bits per heavy atom. The zero-order chi connectivity index (χ0) is 19.1. The summed E-state index contributed by atoms with van der Waals surface area (Å²) in [7, 11) is 0. The van der Waals surface area contributed by atoms with Crippen molar-refractivity contribution in [2.24, 2.45) is 0 Å². The van der Waals surface area contributed by atoms with E-state index in [1.165, 1.54) is 12.1 Å². The number of phenols is 1. The van der Waals surface area contributed by atoms with Crippen molar-refractivity contribution in [1.82, 2.24) is 0 Å². The third kappa shape index (κ3) is 5.06. The van der Waals surface area contributed by atoms with E-state index in [0.717, 1.165) is 18.2 Å². The highest BCUT2D eigenvalue weighted by atomic mass is 16.4. The van der Waals surface area contributed by atoms with Crippen molar-refractivity contribution in [3.63, 3.8) is 0 Å². The van der Waals surface area contributed by atoms with Crippen LogP contribution in [0, 0.1) is 0 Å². The van der Waals surface area contributed by atoms with Gasteiger partial charge in [-0.05, 0) is 30.3 Å². The molecule has 0 aromatic heterocycles. The molecule has 0 aliphatic carbocycles. The van der Waals surface area contributed by atoms with Crippen molar-refractivity contribution in [3.8, 4) is 5.75 Å². The van der Waals surface area contributed by atoms with E-state index in [0.29, 0.717) is 0 Å². The van der Waals surface area contributed by atoms with Gasteiger partial charge in [-0.1, -0.05) is 12.1 Å². The maximum Gasteiger partial charge on any atom is 0.339 e. The van der Waals surface area contributed by atoms with Gasteiger partial charge >= 0.3 is 23.9 Å². The highest BCUT2D eigenvalue weighted by molar-refractivity contribution is 6.03. The van der Waals surface area contributed by atoms with Gasteiger partial charge in [-0.15, -0.1) is 0 Å². The average molecular weight is 348 g/mol. The van der Waals surface area contributed by atoms with Gasteiger partial charge in [0.1, 0.15) is 11.3 Å². The van der Waals surface area contributed by atoms with Crippen molar-refractivity contribution >= 4 is 23.9 Å². The van der Waals surface area contributed by atoms with Gasteiger partial charge in [0, 0.05) is 0 Å². The number of rotatable bonds is 4. The van der Waals surface area contributed by atoms with Crippen molar-refractivity contribution < 1.29 is 44.7 Å². The van der Waals surface area contributed by atoms with Crippen LogP contribution < -0.4 is 0 Å². The number of carboxylic acids is 4. The normalized spacial score (nSPS) is 9.44. The number of benzene rings is 2. The third-order valence-electron chi connectivity index (χ3n) is 2.86. The van der Waals surface area contributed by atoms with E-state index in [2.05, 4.69) is 0 Å². The Balaban J connectivity index is 0.000000271. The van der Waals surface area contributed by atoms with Crippen LogP contribution >= 0.6 is 0 Å². The zero-order valence-electron chi connectivity index (χ0n) is 12.4. The van der Waals surface area contributed by atoms with E-state index in [1.54, 1.807) is 12.1 Å². The molecule has 5 N–H and O–H groups in total. The van der Waals surface area contributed by atoms with Gasteiger partial charge in [0.2, 0.25) is 0 Å². The van der Waals surface area contributed by atoms with E-state index in [1.807, 2.05) is 0 Å². The summed E-state index contributed by atoms with van der Waals surface area (Å²) in [5, 5.41) is 43.2. The summed E-state index contributed by atoms with van der Waals surface area (Å²) in [5.74, 6) is -5.51. The molecule has 0 heterocycles. The van der Waals surface area contributed by atoms with Gasteiger partial charge in [0.15, 0.2) is 0 Å². The quantitative estimate of drug-likeness (QED) is 0.553. The van der Waals surface area contributed by atoms with Crippen molar-refractivity contribution in [3.05, 3.63) is 64.7 Å². The molecule has 0 atom stereocenters. The van der Waals surface area contributed by atoms with E-state index >= 15 is 0 Å². The zero-order valence-corrected chi connectivity index (χ0v) is 12.4. The summed E-state index contributed by atoms with van der Waals surface area (Å²) in [6.07, 6.45) is 0. The van der Waals surface area contributed by atoms with Crippen LogP contribution in [0.5, 0.6) is 5.75 Å². The fourth-order valence-electron chi connectivity index (χ4n) is 1.70. The van der Waals surface area contributed by atoms with Crippen molar-refractivity contribution in [2.45, 2.75) is 0 Å². The second kappa shape index (κ2) is 8.11. The SMILES string of the molecule is O=C(O)c1ccc(C(=O)O)c(C(=O)O)c1.O=C(O)c1ccccc1O. The first kappa shape index (κ1) is 19.2. The Hall–Kier alpha value is -3.88. The Bertz CT molecular complexity index is 839. The van der Waals surface area contributed by atoms with Crippen LogP contribution in [0.25, 0.3) is 0 Å². The van der Waals surface area contributed by atoms with Crippen molar-refractivity contribution in [1.29, 1.82) is 0 Å². The van der Waals surface area contributed by atoms with Crippen LogP contribution in [0.1, 0.15) is 41.4 Å². The van der Waals surface area contributed by atoms with Gasteiger partial charge in [-0.3, -0.25) is 0 Å². The molecule has 25 heavy (non-hydrogen) atoms. The fraction of sp³-hybridized carbons (Fsp3) is 0. The van der Waals surface area contributed by atoms with Crippen LogP contribution in [-0.4, -0.2) is 49.4 Å². The monoisotopic (exact) mass is 348 g/mol. The molecule has 0 unspecified atom stereocenters. The molecule has 2 aromatic rings. The maximum absolute atomic E-state index is 10.6. The van der Waals surface area contributed by atoms with Crippen LogP contribution in [0.4, 0.5) is 0 Å². The number of carbonyl (C=O) groups is 4. The minimum atomic E-state index is -1.48. The largest absolute Gasteiger partial charge is 0.507 e. The maximum atomic E-state index is 10.6. The Kier molecular flexibility index (Phi) is 6.22. The van der Waals surface area contributed by atoms with Gasteiger partial charge in [0.25, 0.3) is 0 Å². The molecule has 0 saturated carbocycles. The molecular formula is C16H12O9. The van der Waals surface area contributed by atoms with Crippen LogP contribution in [0.2, 0.25) is 0 Å². The number of hydrogen-bond donors (Lipinski definition) is 5. The highest BCUT2D eigenvalue weighted by Crippen LogP contribution is 2.14. The van der Waals surface area contributed by atoms with Crippen LogP contribution in [-0.2, 0) is 0 Å². The first-order chi connectivity index (χ1) is 11.6. The van der Waals surface area contributed by atoms with E-state index in [9.17, 15) is 19.2 Å². The molecule has 9 nitrogen and oxygen atoms in total. The van der Waals surface area contributed by atoms with Crippen molar-refractivity contribution in [2.75, 3.05) is 0 Å². The summed E-state index contributed by atoms with van der Waals surface area (Å²) in [6.45, 7) is 0. The molecule has 130 valence electrons. The fourth-order valence-corrected chi connectivity index (χ4v) is 1.70. The summed E-state index contributed by atoms with van der Waals surface area (Å²) >= 11 is 0. The molecule has 0 saturated heterocycles. The summed E-state index contributed by atoms with van der Waals surface area (Å²) < 4.78 is 0. The summed E-state index contributed by atoms with van der Waals surface area (Å²) in [5.41, 5.74) is -1.31. The minimum absolute atomic E-state index is 0.0671. The van der Waals surface area contributed by atoms with E-state index < -0.39 is 35.0 Å². The number of aromatic carboxylic acids is 4. The van der Waals surface area contributed by atoms with E-state index in [-0.39, 0.29) is 16.9 Å². The number of carboxylic acid groups (broad SMARTS) is 4. The van der Waals surface area contributed by atoms with Crippen LogP contribution in [0.3, 0.4) is 0 Å². The molecule has 2 rings (SSSR count). The molecule has 0 aliphatic rings. The van der Waals surface area contributed by atoms with Gasteiger partial charge in [0.05, 0.1) is 16.7 Å². The minimum Gasteiger partial charge on any atom is -0.507 e. The predicted octanol–water partition coefficient (Wildman–Crippen LogP) is 1.87. The standard InChI is InChI=1S/C9H6O6.C7H6O3/c10-7(11)4-1-2-5(8(12)13)6(3-4)9(14)15;8-6-4-2-1-3-5(6)7(9)10/h1-3H,(H,10,11)(H,12,13)(H,14,15);1-4,8H,(H,9,10). The molecule has 0 bridgehead atoms. The Morgan fingerprint density at radius 3 is 1.52 bits per heavy atom. The number of aromatic hydroxyl groups is 1. The topological polar surface area (TPSA) is 169 Å². The molecule has 0 fully saturated rings. The third-order valence-corrected chi connectivity index (χ3v) is 2.86. The first-order valence-electron chi connectivity index (χ1n) is 6.50. The molecule has 0 radical (unpaired) electrons. The average Bonchev–Trinajstić information content (AvgIpc) is 2.54. The van der Waals surface area contributed by atoms with Gasteiger partial charge < -0.3 is 25.5 Å². The van der Waals surface area contributed by atoms with Crippen LogP contribution in [0.15, 0.2) is 42.5 Å². The molecule has 0 amide bonds. The lowest BCUT2D eigenvalue weighted by Gasteiger charge is -2.02. The van der Waals surface area contributed by atoms with Gasteiger partial charge in [-0.2, -0.15) is 0 Å². The summed E-state index contributed by atoms with van der Waals surface area (Å²) in [6, 6.07) is 8.62. The predicted molar refractivity (Wildman–Crippen MR) is 82.4 cm³/mol. The lowest BCUT2D eigenvalue weighted by molar-refractivity contribution is 0.0649. The number of hydrogen-bond acceptors (Lipinski definition) is 5. The first-order valence-corrected chi connectivity index (χ1v) is 6.50. The molecule has 0 spiro atoms. The summed E-state index contributed by atoms with van der Waals surface area (Å²) in [4.78, 5) is 42.0. The smallest absolute Gasteiger partial charge is 0.339 e. The lowest BCUT2D eigenvalue weighted by Crippen LogP contribution is -2.10. The highest BCUT2D eigenvalue weighted by Gasteiger charge is 2.17. The molecule has 9 heteroatoms. The molecule has 2 aromatic carbocycles. The Morgan fingerprint density at radius 1 is 0.600 bits per heavy atom. The number of para-hydroxylation sites is 1. The van der Waals surface area contributed by atoms with E-state index in [4.69, 9.17) is 25.5 Å². The second-order valence-corrected chi connectivity index (χ2v) is 4.50. The molecule has 0 aliphatic heterocycles. The molecular weight excluding hydrogens is 336 g/mol. The van der Waals surface area contributed by atoms with Gasteiger partial charge in [-0.25, -0.2) is 19.2 Å². The Labute approximate surface area is 140 Å². The lowest BCUT2D eigenvalue weighted by atomic mass is 10.0.